The zero-order chi connectivity index (χ0) is 17.4. The predicted molar refractivity (Wildman–Crippen MR) is 111 cm³/mol. The average Bonchev–Trinajstić information content (AvgIpc) is 3.00. The number of carbonyl (C=O) groups is 1. The Labute approximate surface area is 173 Å². The molecule has 4 aliphatic rings. The van der Waals surface area contributed by atoms with Gasteiger partial charge in [0.15, 0.2) is 5.96 Å². The van der Waals surface area contributed by atoms with Gasteiger partial charge in [-0.2, -0.15) is 0 Å². The van der Waals surface area contributed by atoms with E-state index in [-0.39, 0.29) is 35.9 Å². The van der Waals surface area contributed by atoms with E-state index in [1.54, 1.807) is 0 Å². The second-order valence-corrected chi connectivity index (χ2v) is 8.01. The van der Waals surface area contributed by atoms with Crippen LogP contribution in [0.3, 0.4) is 0 Å². The molecule has 0 aromatic carbocycles. The van der Waals surface area contributed by atoms with E-state index in [0.29, 0.717) is 30.1 Å². The summed E-state index contributed by atoms with van der Waals surface area (Å²) in [5.74, 6) is 1.66. The summed E-state index contributed by atoms with van der Waals surface area (Å²) in [7, 11) is 1.87. The lowest BCUT2D eigenvalue weighted by Gasteiger charge is -2.63. The molecule has 0 bridgehead atoms. The van der Waals surface area contributed by atoms with E-state index in [1.807, 2.05) is 14.0 Å². The number of hydrogen-bond acceptors (Lipinski definition) is 4. The minimum Gasteiger partial charge on any atom is -0.466 e. The molecule has 4 fully saturated rings. The first-order valence-corrected chi connectivity index (χ1v) is 9.96. The molecule has 3 atom stereocenters. The van der Waals surface area contributed by atoms with Crippen molar-refractivity contribution in [3.05, 3.63) is 0 Å². The van der Waals surface area contributed by atoms with Crippen molar-refractivity contribution in [3.8, 4) is 0 Å². The van der Waals surface area contributed by atoms with E-state index >= 15 is 0 Å². The maximum atomic E-state index is 11.9. The summed E-state index contributed by atoms with van der Waals surface area (Å²) in [6.07, 6.45) is 7.25. The molecule has 3 unspecified atom stereocenters. The number of carbonyl (C=O) groups excluding carboxylic acids is 1. The summed E-state index contributed by atoms with van der Waals surface area (Å²) in [6.45, 7) is 4.99. The molecule has 0 amide bonds. The molecule has 0 aromatic rings. The molecule has 1 N–H and O–H groups in total. The molecule has 2 aliphatic carbocycles. The number of nitrogens with zero attached hydrogens (tertiary/aromatic N) is 2. The van der Waals surface area contributed by atoms with Crippen LogP contribution in [0.1, 0.15) is 45.4 Å². The molecular formula is C19H32IN3O3. The fourth-order valence-corrected chi connectivity index (χ4v) is 5.48. The molecule has 2 heterocycles. The van der Waals surface area contributed by atoms with Gasteiger partial charge in [-0.15, -0.1) is 24.0 Å². The molecule has 1 spiro atoms. The van der Waals surface area contributed by atoms with Crippen LogP contribution in [0.25, 0.3) is 0 Å². The van der Waals surface area contributed by atoms with Crippen molar-refractivity contribution in [1.29, 1.82) is 0 Å². The molecule has 7 heteroatoms. The number of fused-ring (bicyclic) bond motifs is 2. The van der Waals surface area contributed by atoms with Crippen LogP contribution in [0.5, 0.6) is 0 Å². The molecule has 4 rings (SSSR count). The van der Waals surface area contributed by atoms with Gasteiger partial charge in [-0.3, -0.25) is 9.79 Å². The van der Waals surface area contributed by atoms with Crippen molar-refractivity contribution in [2.45, 2.75) is 57.6 Å². The van der Waals surface area contributed by atoms with Gasteiger partial charge < -0.3 is 19.7 Å². The Kier molecular flexibility index (Phi) is 6.37. The third kappa shape index (κ3) is 3.23. The first-order valence-electron chi connectivity index (χ1n) is 9.96. The fraction of sp³-hybridized carbons (Fsp3) is 0.895. The molecule has 0 aromatic heterocycles. The second-order valence-electron chi connectivity index (χ2n) is 8.01. The zero-order valence-electron chi connectivity index (χ0n) is 15.9. The minimum absolute atomic E-state index is 0. The highest BCUT2D eigenvalue weighted by Crippen LogP contribution is 2.62. The number of halogens is 1. The van der Waals surface area contributed by atoms with E-state index in [0.717, 1.165) is 38.5 Å². The topological polar surface area (TPSA) is 63.2 Å². The van der Waals surface area contributed by atoms with Crippen LogP contribution >= 0.6 is 24.0 Å². The highest BCUT2D eigenvalue weighted by molar-refractivity contribution is 14.0. The van der Waals surface area contributed by atoms with Crippen molar-refractivity contribution in [3.63, 3.8) is 0 Å². The lowest BCUT2D eigenvalue weighted by Crippen LogP contribution is -2.72. The Morgan fingerprint density at radius 2 is 2.04 bits per heavy atom. The first-order chi connectivity index (χ1) is 12.2. The van der Waals surface area contributed by atoms with Crippen LogP contribution in [-0.2, 0) is 14.3 Å². The van der Waals surface area contributed by atoms with Crippen LogP contribution in [-0.4, -0.2) is 62.3 Å². The van der Waals surface area contributed by atoms with Gasteiger partial charge >= 0.3 is 5.97 Å². The highest BCUT2D eigenvalue weighted by Gasteiger charge is 2.66. The summed E-state index contributed by atoms with van der Waals surface area (Å²) < 4.78 is 11.2. The van der Waals surface area contributed by atoms with Crippen molar-refractivity contribution in [1.82, 2.24) is 10.2 Å². The molecule has 148 valence electrons. The summed E-state index contributed by atoms with van der Waals surface area (Å²) in [6, 6.07) is 0.509. The number of esters is 1. The Hall–Kier alpha value is -0.570. The summed E-state index contributed by atoms with van der Waals surface area (Å²) in [5.41, 5.74) is 0.361. The van der Waals surface area contributed by atoms with Gasteiger partial charge in [0, 0.05) is 44.1 Å². The van der Waals surface area contributed by atoms with Gasteiger partial charge in [-0.25, -0.2) is 0 Å². The van der Waals surface area contributed by atoms with Crippen LogP contribution in [0.2, 0.25) is 0 Å². The van der Waals surface area contributed by atoms with Crippen molar-refractivity contribution < 1.29 is 14.3 Å². The molecule has 2 saturated heterocycles. The fourth-order valence-electron chi connectivity index (χ4n) is 5.48. The number of piperidine rings is 1. The van der Waals surface area contributed by atoms with E-state index in [1.165, 1.54) is 25.7 Å². The van der Waals surface area contributed by atoms with Gasteiger partial charge in [-0.05, 0) is 39.0 Å². The smallest absolute Gasteiger partial charge is 0.309 e. The monoisotopic (exact) mass is 477 g/mol. The minimum atomic E-state index is -0.0385. The molecule has 0 radical (unpaired) electrons. The maximum Gasteiger partial charge on any atom is 0.309 e. The SMILES string of the molecule is CCOC(=O)C1CCN(C(=NC)NC2C3CCOC3C23CCC3)CC1.I. The Balaban J connectivity index is 0.00000196. The molecule has 2 saturated carbocycles. The van der Waals surface area contributed by atoms with Gasteiger partial charge in [0.2, 0.25) is 0 Å². The molecule has 2 aliphatic heterocycles. The Morgan fingerprint density at radius 3 is 2.62 bits per heavy atom. The first kappa shape index (κ1) is 20.2. The lowest BCUT2D eigenvalue weighted by molar-refractivity contribution is -0.171. The van der Waals surface area contributed by atoms with E-state index < -0.39 is 0 Å². The number of guanidine groups is 1. The van der Waals surface area contributed by atoms with Crippen LogP contribution in [0, 0.1) is 17.3 Å². The second kappa shape index (κ2) is 8.20. The van der Waals surface area contributed by atoms with Gasteiger partial charge in [0.25, 0.3) is 0 Å². The van der Waals surface area contributed by atoms with Gasteiger partial charge in [0.05, 0.1) is 18.6 Å². The highest BCUT2D eigenvalue weighted by atomic mass is 127. The predicted octanol–water partition coefficient (Wildman–Crippen LogP) is 2.41. The maximum absolute atomic E-state index is 11.9. The number of hydrogen-bond donors (Lipinski definition) is 1. The van der Waals surface area contributed by atoms with Crippen LogP contribution in [0.15, 0.2) is 4.99 Å². The van der Waals surface area contributed by atoms with Crippen molar-refractivity contribution in [2.75, 3.05) is 33.4 Å². The van der Waals surface area contributed by atoms with Crippen molar-refractivity contribution in [2.24, 2.45) is 22.2 Å². The Morgan fingerprint density at radius 1 is 1.31 bits per heavy atom. The average molecular weight is 477 g/mol. The molecule has 26 heavy (non-hydrogen) atoms. The van der Waals surface area contributed by atoms with Crippen LogP contribution < -0.4 is 5.32 Å². The summed E-state index contributed by atoms with van der Waals surface area (Å²) >= 11 is 0. The number of aliphatic imine (C=N–C) groups is 1. The third-order valence-corrected chi connectivity index (χ3v) is 6.95. The number of rotatable bonds is 3. The quantitative estimate of drug-likeness (QED) is 0.293. The zero-order valence-corrected chi connectivity index (χ0v) is 18.2. The molecular weight excluding hydrogens is 445 g/mol. The number of ether oxygens (including phenoxy) is 2. The van der Waals surface area contributed by atoms with Gasteiger partial charge in [0.1, 0.15) is 0 Å². The normalized spacial score (nSPS) is 32.9. The van der Waals surface area contributed by atoms with E-state index in [4.69, 9.17) is 9.47 Å². The third-order valence-electron chi connectivity index (χ3n) is 6.95. The lowest BCUT2D eigenvalue weighted by atomic mass is 9.46. The number of likely N-dealkylation sites (tertiary alicyclic amines) is 1. The summed E-state index contributed by atoms with van der Waals surface area (Å²) in [4.78, 5) is 18.8. The van der Waals surface area contributed by atoms with Crippen molar-refractivity contribution >= 4 is 35.9 Å². The van der Waals surface area contributed by atoms with Crippen LogP contribution in [0.4, 0.5) is 0 Å². The Bertz CT molecular complexity index is 544. The summed E-state index contributed by atoms with van der Waals surface area (Å²) in [5, 5.41) is 3.79. The van der Waals surface area contributed by atoms with E-state index in [9.17, 15) is 4.79 Å². The standard InChI is InChI=1S/C19H31N3O3.HI/c1-3-24-17(23)13-5-10-22(11-6-13)18(20-2)21-15-14-7-12-25-16(14)19(15)8-4-9-19;/h13-16H,3-12H2,1-2H3,(H,20,21);1H. The largest absolute Gasteiger partial charge is 0.466 e. The molecule has 6 nitrogen and oxygen atoms in total. The van der Waals surface area contributed by atoms with Gasteiger partial charge in [-0.1, -0.05) is 6.42 Å². The number of nitrogens with one attached hydrogen (secondary N) is 1. The van der Waals surface area contributed by atoms with E-state index in [2.05, 4.69) is 15.2 Å².